The molecule has 1 aliphatic rings. The van der Waals surface area contributed by atoms with Gasteiger partial charge in [-0.25, -0.2) is 9.97 Å². The zero-order valence-corrected chi connectivity index (χ0v) is 15.2. The zero-order valence-electron chi connectivity index (χ0n) is 14.4. The van der Waals surface area contributed by atoms with E-state index in [1.807, 2.05) is 35.2 Å². The van der Waals surface area contributed by atoms with Crippen LogP contribution in [-0.2, 0) is 0 Å². The maximum absolute atomic E-state index is 12.9. The number of methoxy groups -OCH3 is 1. The van der Waals surface area contributed by atoms with Crippen molar-refractivity contribution in [1.82, 2.24) is 14.9 Å². The molecule has 0 aliphatic carbocycles. The third-order valence-corrected chi connectivity index (χ3v) is 5.51. The summed E-state index contributed by atoms with van der Waals surface area (Å²) in [4.78, 5) is 23.8. The highest BCUT2D eigenvalue weighted by Crippen LogP contribution is 2.28. The maximum Gasteiger partial charge on any atom is 0.278 e. The molecule has 0 radical (unpaired) electrons. The van der Waals surface area contributed by atoms with Crippen LogP contribution in [-0.4, -0.2) is 47.1 Å². The van der Waals surface area contributed by atoms with Crippen molar-refractivity contribution in [3.63, 3.8) is 0 Å². The van der Waals surface area contributed by atoms with Crippen LogP contribution in [0, 0.1) is 0 Å². The molecule has 1 amide bonds. The fraction of sp³-hybridized carbons (Fsp3) is 0.316. The van der Waals surface area contributed by atoms with Gasteiger partial charge in [0, 0.05) is 23.6 Å². The van der Waals surface area contributed by atoms with Crippen LogP contribution in [0.1, 0.15) is 22.5 Å². The van der Waals surface area contributed by atoms with E-state index >= 15 is 0 Å². The summed E-state index contributed by atoms with van der Waals surface area (Å²) in [6.07, 6.45) is 4.78. The fourth-order valence-corrected chi connectivity index (χ4v) is 4.18. The van der Waals surface area contributed by atoms with Gasteiger partial charge in [-0.2, -0.15) is 0 Å². The van der Waals surface area contributed by atoms with Crippen LogP contribution < -0.4 is 9.47 Å². The average Bonchev–Trinajstić information content (AvgIpc) is 3.12. The van der Waals surface area contributed by atoms with Gasteiger partial charge in [0.1, 0.15) is 6.10 Å². The molecule has 4 rings (SSSR count). The molecular weight excluding hydrogens is 350 g/mol. The Hall–Kier alpha value is -2.67. The number of hydrogen-bond donors (Lipinski definition) is 0. The van der Waals surface area contributed by atoms with Crippen LogP contribution in [0.5, 0.6) is 11.8 Å². The number of benzene rings is 1. The van der Waals surface area contributed by atoms with Crippen molar-refractivity contribution in [2.75, 3.05) is 20.2 Å². The minimum absolute atomic E-state index is 0.0608. The molecule has 1 aliphatic heterocycles. The van der Waals surface area contributed by atoms with E-state index in [0.717, 1.165) is 34.3 Å². The molecule has 26 heavy (non-hydrogen) atoms. The molecule has 1 saturated heterocycles. The van der Waals surface area contributed by atoms with Gasteiger partial charge in [-0.3, -0.25) is 4.79 Å². The van der Waals surface area contributed by atoms with Crippen LogP contribution in [0.3, 0.4) is 0 Å². The monoisotopic (exact) mass is 369 g/mol. The predicted octanol–water partition coefficient (Wildman–Crippen LogP) is 3.38. The molecule has 2 aromatic heterocycles. The van der Waals surface area contributed by atoms with Gasteiger partial charge in [-0.15, -0.1) is 11.3 Å². The first-order chi connectivity index (χ1) is 12.7. The second kappa shape index (κ2) is 7.29. The Morgan fingerprint density at radius 2 is 2.04 bits per heavy atom. The quantitative estimate of drug-likeness (QED) is 0.705. The average molecular weight is 369 g/mol. The van der Waals surface area contributed by atoms with Gasteiger partial charge in [0.15, 0.2) is 0 Å². The number of carbonyl (C=O) groups excluding carboxylic acids is 1. The van der Waals surface area contributed by atoms with Crippen LogP contribution in [0.4, 0.5) is 0 Å². The number of piperidine rings is 1. The summed E-state index contributed by atoms with van der Waals surface area (Å²) in [6.45, 7) is 1.28. The number of likely N-dealkylation sites (tertiary alicyclic amines) is 1. The molecule has 0 bridgehead atoms. The lowest BCUT2D eigenvalue weighted by molar-refractivity contribution is 0.0523. The Kier molecular flexibility index (Phi) is 4.71. The van der Waals surface area contributed by atoms with Gasteiger partial charge in [-0.1, -0.05) is 18.2 Å². The summed E-state index contributed by atoms with van der Waals surface area (Å²) in [5.74, 6) is 0.794. The van der Waals surface area contributed by atoms with Crippen molar-refractivity contribution in [1.29, 1.82) is 0 Å². The lowest BCUT2D eigenvalue weighted by Crippen LogP contribution is -2.44. The van der Waals surface area contributed by atoms with Crippen molar-refractivity contribution in [3.05, 3.63) is 47.6 Å². The standard InChI is InChI=1S/C19H19N3O3S/c1-24-17-18(21-9-8-20-17)25-14-6-4-10-22(12-14)19(23)16-11-13-5-2-3-7-15(13)26-16/h2-3,5,7-9,11,14H,4,6,10,12H2,1H3. The molecule has 134 valence electrons. The van der Waals surface area contributed by atoms with Gasteiger partial charge < -0.3 is 14.4 Å². The number of ether oxygens (including phenoxy) is 2. The minimum Gasteiger partial charge on any atom is -0.477 e. The topological polar surface area (TPSA) is 64.6 Å². The molecule has 1 aromatic carbocycles. The van der Waals surface area contributed by atoms with Crippen molar-refractivity contribution >= 4 is 27.3 Å². The normalized spacial score (nSPS) is 17.3. The Morgan fingerprint density at radius 1 is 1.23 bits per heavy atom. The third-order valence-electron chi connectivity index (χ3n) is 4.41. The van der Waals surface area contributed by atoms with Gasteiger partial charge in [0.25, 0.3) is 17.7 Å². The summed E-state index contributed by atoms with van der Waals surface area (Å²) < 4.78 is 12.3. The first kappa shape index (κ1) is 16.8. The molecule has 7 heteroatoms. The predicted molar refractivity (Wildman–Crippen MR) is 100.0 cm³/mol. The van der Waals surface area contributed by atoms with Crippen molar-refractivity contribution in [2.24, 2.45) is 0 Å². The summed E-state index contributed by atoms with van der Waals surface area (Å²) in [5, 5.41) is 1.11. The fourth-order valence-electron chi connectivity index (χ4n) is 3.15. The van der Waals surface area contributed by atoms with E-state index in [1.165, 1.54) is 18.4 Å². The third kappa shape index (κ3) is 3.35. The Balaban J connectivity index is 1.48. The van der Waals surface area contributed by atoms with Crippen molar-refractivity contribution < 1.29 is 14.3 Å². The van der Waals surface area contributed by atoms with E-state index in [9.17, 15) is 4.79 Å². The number of nitrogens with zero attached hydrogens (tertiary/aromatic N) is 3. The highest BCUT2D eigenvalue weighted by Gasteiger charge is 2.27. The SMILES string of the molecule is COc1nccnc1OC1CCCN(C(=O)c2cc3ccccc3s2)C1. The van der Waals surface area contributed by atoms with Gasteiger partial charge in [0.2, 0.25) is 0 Å². The van der Waals surface area contributed by atoms with Gasteiger partial charge >= 0.3 is 0 Å². The first-order valence-electron chi connectivity index (χ1n) is 8.54. The van der Waals surface area contributed by atoms with E-state index in [4.69, 9.17) is 9.47 Å². The number of hydrogen-bond acceptors (Lipinski definition) is 6. The molecule has 0 N–H and O–H groups in total. The van der Waals surface area contributed by atoms with E-state index in [1.54, 1.807) is 12.4 Å². The maximum atomic E-state index is 12.9. The molecule has 6 nitrogen and oxygen atoms in total. The van der Waals surface area contributed by atoms with Crippen molar-refractivity contribution in [3.8, 4) is 11.8 Å². The number of fused-ring (bicyclic) bond motifs is 1. The molecule has 1 unspecified atom stereocenters. The summed E-state index contributed by atoms with van der Waals surface area (Å²) in [6, 6.07) is 10.0. The number of aromatic nitrogens is 2. The molecule has 1 atom stereocenters. The Morgan fingerprint density at radius 3 is 2.85 bits per heavy atom. The Labute approximate surface area is 155 Å². The highest BCUT2D eigenvalue weighted by atomic mass is 32.1. The Bertz CT molecular complexity index is 894. The van der Waals surface area contributed by atoms with Crippen LogP contribution >= 0.6 is 11.3 Å². The van der Waals surface area contributed by atoms with E-state index in [2.05, 4.69) is 9.97 Å². The molecule has 0 spiro atoms. The summed E-state index contributed by atoms with van der Waals surface area (Å²) in [5.41, 5.74) is 0. The zero-order chi connectivity index (χ0) is 17.9. The molecule has 1 fully saturated rings. The summed E-state index contributed by atoms with van der Waals surface area (Å²) >= 11 is 1.54. The van der Waals surface area contributed by atoms with Crippen molar-refractivity contribution in [2.45, 2.75) is 18.9 Å². The van der Waals surface area contributed by atoms with Crippen LogP contribution in [0.15, 0.2) is 42.7 Å². The molecule has 0 saturated carbocycles. The minimum atomic E-state index is -0.118. The second-order valence-electron chi connectivity index (χ2n) is 6.15. The van der Waals surface area contributed by atoms with Crippen LogP contribution in [0.25, 0.3) is 10.1 Å². The molecular formula is C19H19N3O3S. The summed E-state index contributed by atoms with van der Waals surface area (Å²) in [7, 11) is 1.54. The number of carbonyl (C=O) groups is 1. The largest absolute Gasteiger partial charge is 0.477 e. The van der Waals surface area contributed by atoms with Gasteiger partial charge in [-0.05, 0) is 30.4 Å². The van der Waals surface area contributed by atoms with Crippen LogP contribution in [0.2, 0.25) is 0 Å². The molecule has 3 heterocycles. The number of amides is 1. The second-order valence-corrected chi connectivity index (χ2v) is 7.24. The smallest absolute Gasteiger partial charge is 0.278 e. The lowest BCUT2D eigenvalue weighted by Gasteiger charge is -2.32. The number of rotatable bonds is 4. The van der Waals surface area contributed by atoms with Gasteiger partial charge in [0.05, 0.1) is 18.5 Å². The van der Waals surface area contributed by atoms with E-state index in [0.29, 0.717) is 18.3 Å². The highest BCUT2D eigenvalue weighted by molar-refractivity contribution is 7.20. The van der Waals surface area contributed by atoms with E-state index < -0.39 is 0 Å². The lowest BCUT2D eigenvalue weighted by atomic mass is 10.1. The first-order valence-corrected chi connectivity index (χ1v) is 9.36. The van der Waals surface area contributed by atoms with E-state index in [-0.39, 0.29) is 12.0 Å². The number of thiophene rings is 1. The molecule has 3 aromatic rings.